The molecule has 0 radical (unpaired) electrons. The maximum Gasteiger partial charge on any atom is 0.191 e. The number of hydrogen-bond donors (Lipinski definition) is 2. The molecule has 2 N–H and O–H groups in total. The van der Waals surface area contributed by atoms with Crippen molar-refractivity contribution in [3.63, 3.8) is 0 Å². The highest BCUT2D eigenvalue weighted by atomic mass is 127. The molecule has 1 atom stereocenters. The average molecular weight is 460 g/mol. The summed E-state index contributed by atoms with van der Waals surface area (Å²) in [5.41, 5.74) is 2.67. The molecule has 1 aromatic carbocycles. The average Bonchev–Trinajstić information content (AvgIpc) is 2.59. The van der Waals surface area contributed by atoms with Crippen LogP contribution in [0.15, 0.2) is 29.3 Å². The van der Waals surface area contributed by atoms with E-state index in [1.807, 2.05) is 7.05 Å². The molecule has 0 aliphatic rings. The molecule has 25 heavy (non-hydrogen) atoms. The number of guanidine groups is 1. The topological polar surface area (TPSA) is 39.7 Å². The first-order chi connectivity index (χ1) is 11.6. The Morgan fingerprint density at radius 3 is 2.36 bits per heavy atom. The minimum atomic E-state index is 0. The first kappa shape index (κ1) is 24.2. The van der Waals surface area contributed by atoms with Crippen molar-refractivity contribution >= 4 is 29.9 Å². The summed E-state index contributed by atoms with van der Waals surface area (Å²) in [5.74, 6) is 0.900. The zero-order chi connectivity index (χ0) is 17.8. The predicted octanol–water partition coefficient (Wildman–Crippen LogP) is 3.83. The van der Waals surface area contributed by atoms with Crippen LogP contribution in [0, 0.1) is 6.92 Å². The van der Waals surface area contributed by atoms with E-state index in [0.717, 1.165) is 38.4 Å². The van der Waals surface area contributed by atoms with Gasteiger partial charge in [0.05, 0.1) is 0 Å². The van der Waals surface area contributed by atoms with Crippen molar-refractivity contribution in [2.45, 2.75) is 53.0 Å². The molecule has 1 aromatic rings. The SMILES string of the molecule is CCN(CC)CCCC(C)NC(=NC)NCCc1ccc(C)cc1.I. The molecule has 144 valence electrons. The standard InChI is InChI=1S/C20H36N4.HI/c1-6-24(7-2)16-8-9-18(4)23-20(21-5)22-15-14-19-12-10-17(3)11-13-19;/h10-13,18H,6-9,14-16H2,1-5H3,(H2,21,22,23);1H. The second kappa shape index (κ2) is 14.4. The van der Waals surface area contributed by atoms with Crippen LogP contribution in [0.4, 0.5) is 0 Å². The van der Waals surface area contributed by atoms with E-state index in [1.54, 1.807) is 0 Å². The summed E-state index contributed by atoms with van der Waals surface area (Å²) in [6.07, 6.45) is 3.39. The van der Waals surface area contributed by atoms with Crippen LogP contribution in [-0.2, 0) is 6.42 Å². The van der Waals surface area contributed by atoms with Crippen LogP contribution in [-0.4, -0.2) is 50.1 Å². The minimum absolute atomic E-state index is 0. The van der Waals surface area contributed by atoms with E-state index in [0.29, 0.717) is 6.04 Å². The fourth-order valence-electron chi connectivity index (χ4n) is 2.74. The molecule has 4 nitrogen and oxygen atoms in total. The Morgan fingerprint density at radius 2 is 1.80 bits per heavy atom. The Bertz CT molecular complexity index is 469. The van der Waals surface area contributed by atoms with Crippen LogP contribution >= 0.6 is 24.0 Å². The Labute approximate surface area is 171 Å². The van der Waals surface area contributed by atoms with E-state index in [1.165, 1.54) is 24.1 Å². The van der Waals surface area contributed by atoms with Crippen molar-refractivity contribution < 1.29 is 0 Å². The number of halogens is 1. The smallest absolute Gasteiger partial charge is 0.191 e. The summed E-state index contributed by atoms with van der Waals surface area (Å²) in [5, 5.41) is 6.91. The lowest BCUT2D eigenvalue weighted by atomic mass is 10.1. The Hall–Kier alpha value is -0.820. The van der Waals surface area contributed by atoms with Crippen LogP contribution in [0.1, 0.15) is 44.7 Å². The number of aryl methyl sites for hydroxylation is 1. The molecule has 0 aliphatic heterocycles. The maximum atomic E-state index is 4.33. The number of hydrogen-bond acceptors (Lipinski definition) is 2. The third-order valence-corrected chi connectivity index (χ3v) is 4.44. The van der Waals surface area contributed by atoms with Gasteiger partial charge >= 0.3 is 0 Å². The highest BCUT2D eigenvalue weighted by molar-refractivity contribution is 14.0. The summed E-state index contributed by atoms with van der Waals surface area (Å²) >= 11 is 0. The van der Waals surface area contributed by atoms with Gasteiger partial charge in [-0.3, -0.25) is 4.99 Å². The highest BCUT2D eigenvalue weighted by Gasteiger charge is 2.06. The molecule has 0 fully saturated rings. The van der Waals surface area contributed by atoms with E-state index in [-0.39, 0.29) is 24.0 Å². The zero-order valence-corrected chi connectivity index (χ0v) is 19.0. The largest absolute Gasteiger partial charge is 0.356 e. The van der Waals surface area contributed by atoms with Crippen LogP contribution in [0.25, 0.3) is 0 Å². The van der Waals surface area contributed by atoms with Gasteiger partial charge in [-0.15, -0.1) is 24.0 Å². The summed E-state index contributed by atoms with van der Waals surface area (Å²) in [4.78, 5) is 6.81. The summed E-state index contributed by atoms with van der Waals surface area (Å²) in [6.45, 7) is 13.2. The molecule has 0 saturated heterocycles. The van der Waals surface area contributed by atoms with Gasteiger partial charge in [0, 0.05) is 19.6 Å². The number of rotatable bonds is 10. The first-order valence-electron chi connectivity index (χ1n) is 9.34. The number of nitrogens with one attached hydrogen (secondary N) is 2. The zero-order valence-electron chi connectivity index (χ0n) is 16.6. The molecule has 0 aromatic heterocycles. The summed E-state index contributed by atoms with van der Waals surface area (Å²) in [6, 6.07) is 9.17. The molecular weight excluding hydrogens is 423 g/mol. The van der Waals surface area contributed by atoms with E-state index in [9.17, 15) is 0 Å². The first-order valence-corrected chi connectivity index (χ1v) is 9.34. The minimum Gasteiger partial charge on any atom is -0.356 e. The lowest BCUT2D eigenvalue weighted by Gasteiger charge is -2.21. The second-order valence-electron chi connectivity index (χ2n) is 6.45. The molecule has 0 saturated carbocycles. The molecule has 1 unspecified atom stereocenters. The van der Waals surface area contributed by atoms with Crippen LogP contribution in [0.5, 0.6) is 0 Å². The molecule has 0 amide bonds. The fraction of sp³-hybridized carbons (Fsp3) is 0.650. The molecule has 0 aliphatic carbocycles. The van der Waals surface area contributed by atoms with Gasteiger partial charge in [-0.1, -0.05) is 43.7 Å². The lowest BCUT2D eigenvalue weighted by Crippen LogP contribution is -2.43. The quantitative estimate of drug-likeness (QED) is 0.317. The van der Waals surface area contributed by atoms with Crippen molar-refractivity contribution in [2.75, 3.05) is 33.2 Å². The second-order valence-corrected chi connectivity index (χ2v) is 6.45. The molecule has 5 heteroatoms. The number of nitrogens with zero attached hydrogens (tertiary/aromatic N) is 2. The van der Waals surface area contributed by atoms with Gasteiger partial charge in [0.1, 0.15) is 0 Å². The third kappa shape index (κ3) is 10.7. The van der Waals surface area contributed by atoms with Crippen molar-refractivity contribution in [1.29, 1.82) is 0 Å². The van der Waals surface area contributed by atoms with Crippen molar-refractivity contribution in [3.8, 4) is 0 Å². The third-order valence-electron chi connectivity index (χ3n) is 4.44. The van der Waals surface area contributed by atoms with Crippen LogP contribution in [0.3, 0.4) is 0 Å². The summed E-state index contributed by atoms with van der Waals surface area (Å²) in [7, 11) is 1.84. The van der Waals surface area contributed by atoms with Gasteiger partial charge in [0.2, 0.25) is 0 Å². The molecule has 1 rings (SSSR count). The van der Waals surface area contributed by atoms with Crippen molar-refractivity contribution in [2.24, 2.45) is 4.99 Å². The van der Waals surface area contributed by atoms with Gasteiger partial charge in [0.25, 0.3) is 0 Å². The van der Waals surface area contributed by atoms with Crippen LogP contribution in [0.2, 0.25) is 0 Å². The van der Waals surface area contributed by atoms with Gasteiger partial charge in [0.15, 0.2) is 5.96 Å². The van der Waals surface area contributed by atoms with Crippen LogP contribution < -0.4 is 10.6 Å². The predicted molar refractivity (Wildman–Crippen MR) is 121 cm³/mol. The highest BCUT2D eigenvalue weighted by Crippen LogP contribution is 2.03. The summed E-state index contributed by atoms with van der Waals surface area (Å²) < 4.78 is 0. The lowest BCUT2D eigenvalue weighted by molar-refractivity contribution is 0.292. The van der Waals surface area contributed by atoms with E-state index >= 15 is 0 Å². The van der Waals surface area contributed by atoms with E-state index < -0.39 is 0 Å². The van der Waals surface area contributed by atoms with Gasteiger partial charge < -0.3 is 15.5 Å². The van der Waals surface area contributed by atoms with Gasteiger partial charge in [-0.05, 0) is 58.3 Å². The molecular formula is C20H37IN4. The Balaban J connectivity index is 0.00000576. The fourth-order valence-corrected chi connectivity index (χ4v) is 2.74. The normalized spacial score (nSPS) is 12.6. The number of aliphatic imine (C=N–C) groups is 1. The Kier molecular flexibility index (Phi) is 13.9. The van der Waals surface area contributed by atoms with E-state index in [4.69, 9.17) is 0 Å². The monoisotopic (exact) mass is 460 g/mol. The number of benzene rings is 1. The molecule has 0 heterocycles. The van der Waals surface area contributed by atoms with E-state index in [2.05, 4.69) is 72.5 Å². The van der Waals surface area contributed by atoms with Gasteiger partial charge in [-0.2, -0.15) is 0 Å². The molecule has 0 spiro atoms. The maximum absolute atomic E-state index is 4.33. The molecule has 0 bridgehead atoms. The van der Waals surface area contributed by atoms with Crippen molar-refractivity contribution in [1.82, 2.24) is 15.5 Å². The van der Waals surface area contributed by atoms with Gasteiger partial charge in [-0.25, -0.2) is 0 Å². The Morgan fingerprint density at radius 1 is 1.16 bits per heavy atom. The van der Waals surface area contributed by atoms with Crippen molar-refractivity contribution in [3.05, 3.63) is 35.4 Å².